The van der Waals surface area contributed by atoms with E-state index in [0.717, 1.165) is 0 Å². The Labute approximate surface area is 74.3 Å². The van der Waals surface area contributed by atoms with Crippen molar-refractivity contribution in [2.75, 3.05) is 20.1 Å². The van der Waals surface area contributed by atoms with E-state index in [4.69, 9.17) is 0 Å². The number of hydrogen-bond acceptors (Lipinski definition) is 2. The molecule has 0 amide bonds. The number of rotatable bonds is 0. The highest BCUT2D eigenvalue weighted by molar-refractivity contribution is 14.1. The van der Waals surface area contributed by atoms with Crippen LogP contribution in [0.15, 0.2) is 0 Å². The molecule has 0 aromatic carbocycles. The monoisotopic (exact) mass is 276 g/mol. The zero-order chi connectivity index (χ0) is 7.78. The Morgan fingerprint density at radius 2 is 2.30 bits per heavy atom. The fourth-order valence-corrected chi connectivity index (χ4v) is 3.13. The molecule has 4 nitrogen and oxygen atoms in total. The van der Waals surface area contributed by atoms with Crippen LogP contribution >= 0.6 is 22.6 Å². The Kier molecular flexibility index (Phi) is 2.54. The lowest BCUT2D eigenvalue weighted by Gasteiger charge is -2.26. The summed E-state index contributed by atoms with van der Waals surface area (Å²) in [5, 5.41) is 0. The highest BCUT2D eigenvalue weighted by Gasteiger charge is 2.25. The molecule has 0 aliphatic carbocycles. The van der Waals surface area contributed by atoms with Crippen molar-refractivity contribution in [3.63, 3.8) is 0 Å². The Balaban J connectivity index is 2.70. The van der Waals surface area contributed by atoms with Gasteiger partial charge in [0.05, 0.1) is 0 Å². The first kappa shape index (κ1) is 8.69. The minimum atomic E-state index is -3.12. The van der Waals surface area contributed by atoms with Crippen LogP contribution < -0.4 is 4.72 Å². The molecule has 1 saturated heterocycles. The second-order valence-electron chi connectivity index (χ2n) is 2.23. The second-order valence-corrected chi connectivity index (χ2v) is 5.86. The van der Waals surface area contributed by atoms with E-state index < -0.39 is 10.2 Å². The van der Waals surface area contributed by atoms with Crippen molar-refractivity contribution in [2.24, 2.45) is 0 Å². The molecule has 1 unspecified atom stereocenters. The molecule has 0 aromatic rings. The van der Waals surface area contributed by atoms with Crippen molar-refractivity contribution < 1.29 is 8.42 Å². The summed E-state index contributed by atoms with van der Waals surface area (Å²) in [4.78, 5) is 0. The molecular weight excluding hydrogens is 267 g/mol. The highest BCUT2D eigenvalue weighted by Crippen LogP contribution is 2.09. The molecular formula is C4H9IN2O2S. The van der Waals surface area contributed by atoms with Gasteiger partial charge in [-0.2, -0.15) is 12.7 Å². The lowest BCUT2D eigenvalue weighted by atomic mass is 10.4. The molecule has 1 aliphatic heterocycles. The highest BCUT2D eigenvalue weighted by atomic mass is 127. The van der Waals surface area contributed by atoms with E-state index >= 15 is 0 Å². The fraction of sp³-hybridized carbons (Fsp3) is 1.00. The van der Waals surface area contributed by atoms with Crippen molar-refractivity contribution in [1.29, 1.82) is 0 Å². The van der Waals surface area contributed by atoms with Crippen molar-refractivity contribution >= 4 is 32.8 Å². The number of halogens is 1. The fourth-order valence-electron chi connectivity index (χ4n) is 0.748. The molecule has 10 heavy (non-hydrogen) atoms. The third kappa shape index (κ3) is 1.80. The van der Waals surface area contributed by atoms with Crippen molar-refractivity contribution in [3.05, 3.63) is 0 Å². The van der Waals surface area contributed by atoms with Gasteiger partial charge in [-0.05, 0) is 0 Å². The predicted molar refractivity (Wildman–Crippen MR) is 47.4 cm³/mol. The largest absolute Gasteiger partial charge is 0.279 e. The van der Waals surface area contributed by atoms with Crippen molar-refractivity contribution in [2.45, 2.75) is 3.92 Å². The smallest absolute Gasteiger partial charge is 0.201 e. The maximum atomic E-state index is 10.9. The molecule has 1 fully saturated rings. The predicted octanol–water partition coefficient (Wildman–Crippen LogP) is -0.430. The summed E-state index contributed by atoms with van der Waals surface area (Å²) >= 11 is 2.22. The van der Waals surface area contributed by atoms with Crippen LogP contribution in [0.2, 0.25) is 0 Å². The normalized spacial score (nSPS) is 34.0. The molecule has 0 bridgehead atoms. The summed E-state index contributed by atoms with van der Waals surface area (Å²) in [6, 6.07) is 0. The molecule has 60 valence electrons. The topological polar surface area (TPSA) is 49.4 Å². The van der Waals surface area contributed by atoms with Crippen molar-refractivity contribution in [3.8, 4) is 0 Å². The van der Waals surface area contributed by atoms with Gasteiger partial charge < -0.3 is 0 Å². The third-order valence-corrected chi connectivity index (χ3v) is 3.69. The molecule has 6 heteroatoms. The van der Waals surface area contributed by atoms with Gasteiger partial charge in [-0.25, -0.2) is 4.72 Å². The zero-order valence-corrected chi connectivity index (χ0v) is 8.52. The minimum absolute atomic E-state index is 0.381. The summed E-state index contributed by atoms with van der Waals surface area (Å²) in [5.41, 5.74) is 0. The molecule has 1 atom stereocenters. The molecule has 1 N–H and O–H groups in total. The zero-order valence-electron chi connectivity index (χ0n) is 5.54. The van der Waals surface area contributed by atoms with Crippen LogP contribution in [0.1, 0.15) is 0 Å². The van der Waals surface area contributed by atoms with Crippen LogP contribution in [-0.2, 0) is 10.2 Å². The Morgan fingerprint density at radius 1 is 1.70 bits per heavy atom. The van der Waals surface area contributed by atoms with Crippen LogP contribution in [0.5, 0.6) is 0 Å². The number of nitrogens with zero attached hydrogens (tertiary/aromatic N) is 1. The van der Waals surface area contributed by atoms with Crippen LogP contribution in [0.25, 0.3) is 0 Å². The third-order valence-electron chi connectivity index (χ3n) is 1.35. The van der Waals surface area contributed by atoms with E-state index in [1.165, 1.54) is 4.31 Å². The standard InChI is InChI=1S/C4H9IN2O2S/c1-7-3-4(5)2-6-10(7,8)9/h4,6H,2-3H2,1H3. The summed E-state index contributed by atoms with van der Waals surface area (Å²) in [7, 11) is -1.54. The molecule has 1 aliphatic rings. The van der Waals surface area contributed by atoms with Gasteiger partial charge in [0.25, 0.3) is 10.2 Å². The number of nitrogens with one attached hydrogen (secondary N) is 1. The van der Waals surface area contributed by atoms with E-state index in [-0.39, 0.29) is 0 Å². The first-order valence-corrected chi connectivity index (χ1v) is 5.56. The van der Waals surface area contributed by atoms with Gasteiger partial charge in [0, 0.05) is 24.1 Å². The lowest BCUT2D eigenvalue weighted by Crippen LogP contribution is -2.49. The minimum Gasteiger partial charge on any atom is -0.201 e. The van der Waals surface area contributed by atoms with E-state index in [0.29, 0.717) is 17.0 Å². The molecule has 1 rings (SSSR count). The Bertz CT molecular complexity index is 215. The van der Waals surface area contributed by atoms with E-state index in [2.05, 4.69) is 27.3 Å². The second kappa shape index (κ2) is 2.92. The summed E-state index contributed by atoms with van der Waals surface area (Å²) in [6.07, 6.45) is 0. The first-order valence-electron chi connectivity index (χ1n) is 2.87. The van der Waals surface area contributed by atoms with Gasteiger partial charge >= 0.3 is 0 Å². The maximum Gasteiger partial charge on any atom is 0.279 e. The Morgan fingerprint density at radius 3 is 2.70 bits per heavy atom. The number of hydrogen-bond donors (Lipinski definition) is 1. The van der Waals surface area contributed by atoms with Gasteiger partial charge in [-0.15, -0.1) is 0 Å². The average molecular weight is 276 g/mol. The molecule has 0 aromatic heterocycles. The van der Waals surface area contributed by atoms with Crippen LogP contribution in [0.4, 0.5) is 0 Å². The first-order chi connectivity index (χ1) is 4.52. The molecule has 0 saturated carbocycles. The van der Waals surface area contributed by atoms with Crippen LogP contribution in [0, 0.1) is 0 Å². The molecule has 1 heterocycles. The lowest BCUT2D eigenvalue weighted by molar-refractivity contribution is 0.434. The van der Waals surface area contributed by atoms with Gasteiger partial charge in [0.1, 0.15) is 0 Å². The van der Waals surface area contributed by atoms with E-state index in [9.17, 15) is 8.42 Å². The van der Waals surface area contributed by atoms with E-state index in [1.807, 2.05) is 0 Å². The molecule has 0 spiro atoms. The van der Waals surface area contributed by atoms with E-state index in [1.54, 1.807) is 7.05 Å². The van der Waals surface area contributed by atoms with Crippen molar-refractivity contribution in [1.82, 2.24) is 9.03 Å². The average Bonchev–Trinajstić information content (AvgIpc) is 1.81. The molecule has 0 radical (unpaired) electrons. The van der Waals surface area contributed by atoms with Gasteiger partial charge in [0.15, 0.2) is 0 Å². The summed E-state index contributed by atoms with van der Waals surface area (Å²) in [6.45, 7) is 1.16. The van der Waals surface area contributed by atoms with Gasteiger partial charge in [-0.3, -0.25) is 0 Å². The number of alkyl halides is 1. The van der Waals surface area contributed by atoms with Crippen LogP contribution in [-0.4, -0.2) is 36.8 Å². The maximum absolute atomic E-state index is 10.9. The summed E-state index contributed by atoms with van der Waals surface area (Å²) in [5.74, 6) is 0. The summed E-state index contributed by atoms with van der Waals surface area (Å²) < 4.78 is 26.0. The quantitative estimate of drug-likeness (QED) is 0.482. The van der Waals surface area contributed by atoms with Crippen LogP contribution in [0.3, 0.4) is 0 Å². The van der Waals surface area contributed by atoms with Gasteiger partial charge in [-0.1, -0.05) is 22.6 Å². The SMILES string of the molecule is CN1CC(I)CNS1(=O)=O. The van der Waals surface area contributed by atoms with Gasteiger partial charge in [0.2, 0.25) is 0 Å². The Hall–Kier alpha value is 0.600.